The molecule has 0 aromatic heterocycles. The van der Waals surface area contributed by atoms with E-state index in [9.17, 15) is 0 Å². The minimum atomic E-state index is 0.817. The van der Waals surface area contributed by atoms with Gasteiger partial charge in [-0.1, -0.05) is 69.3 Å². The van der Waals surface area contributed by atoms with Gasteiger partial charge in [0.25, 0.3) is 0 Å². The summed E-state index contributed by atoms with van der Waals surface area (Å²) in [5, 5.41) is 1.14. The van der Waals surface area contributed by atoms with Crippen LogP contribution >= 0.6 is 31.9 Å². The highest BCUT2D eigenvalue weighted by Crippen LogP contribution is 2.36. The lowest BCUT2D eigenvalue weighted by molar-refractivity contribution is 0.224. The Morgan fingerprint density at radius 2 is 2.00 bits per heavy atom. The van der Waals surface area contributed by atoms with Gasteiger partial charge in [0.1, 0.15) is 0 Å². The molecule has 0 saturated heterocycles. The second-order valence-corrected chi connectivity index (χ2v) is 5.90. The van der Waals surface area contributed by atoms with Crippen LogP contribution < -0.4 is 0 Å². The minimum absolute atomic E-state index is 0.817. The zero-order valence-electron chi connectivity index (χ0n) is 8.76. The second kappa shape index (κ2) is 5.49. The highest BCUT2D eigenvalue weighted by molar-refractivity contribution is 9.10. The van der Waals surface area contributed by atoms with Gasteiger partial charge in [0.05, 0.1) is 0 Å². The van der Waals surface area contributed by atoms with Crippen molar-refractivity contribution in [2.24, 2.45) is 11.8 Å². The normalized spacial score (nSPS) is 18.5. The van der Waals surface area contributed by atoms with Crippen molar-refractivity contribution in [2.45, 2.75) is 25.7 Å². The Morgan fingerprint density at radius 3 is 2.53 bits per heavy atom. The molecule has 0 amide bonds. The van der Waals surface area contributed by atoms with Gasteiger partial charge in [-0.3, -0.25) is 0 Å². The molecule has 1 saturated carbocycles. The van der Waals surface area contributed by atoms with Crippen LogP contribution in [0, 0.1) is 11.8 Å². The Kier molecular flexibility index (Phi) is 4.27. The molecule has 1 atom stereocenters. The molecule has 0 heterocycles. The van der Waals surface area contributed by atoms with Crippen molar-refractivity contribution in [3.63, 3.8) is 0 Å². The molecule has 1 aromatic rings. The van der Waals surface area contributed by atoms with Crippen LogP contribution in [0.4, 0.5) is 0 Å². The summed E-state index contributed by atoms with van der Waals surface area (Å²) in [5.74, 6) is 1.77. The van der Waals surface area contributed by atoms with E-state index in [1.807, 2.05) is 0 Å². The van der Waals surface area contributed by atoms with E-state index in [2.05, 4.69) is 56.1 Å². The summed E-state index contributed by atoms with van der Waals surface area (Å²) in [6.45, 7) is 0. The van der Waals surface area contributed by atoms with Crippen LogP contribution in [-0.4, -0.2) is 5.33 Å². The van der Waals surface area contributed by atoms with Gasteiger partial charge in [-0.15, -0.1) is 0 Å². The largest absolute Gasteiger partial charge is 0.0925 e. The van der Waals surface area contributed by atoms with Gasteiger partial charge in [0.2, 0.25) is 0 Å². The Hall–Kier alpha value is 0.180. The molecular weight excluding hydrogens is 316 g/mol. The molecule has 1 fully saturated rings. The first kappa shape index (κ1) is 11.7. The summed E-state index contributed by atoms with van der Waals surface area (Å²) in [4.78, 5) is 0. The van der Waals surface area contributed by atoms with Crippen molar-refractivity contribution in [3.8, 4) is 0 Å². The average Bonchev–Trinajstić information content (AvgIpc) is 2.17. The fraction of sp³-hybridized carbons (Fsp3) is 0.538. The van der Waals surface area contributed by atoms with E-state index in [4.69, 9.17) is 0 Å². The quantitative estimate of drug-likeness (QED) is 0.695. The van der Waals surface area contributed by atoms with E-state index >= 15 is 0 Å². The van der Waals surface area contributed by atoms with E-state index in [0.29, 0.717) is 0 Å². The lowest BCUT2D eigenvalue weighted by Gasteiger charge is -2.33. The molecule has 1 unspecified atom stereocenters. The molecule has 0 bridgehead atoms. The van der Waals surface area contributed by atoms with Crippen LogP contribution in [0.5, 0.6) is 0 Å². The molecule has 1 aliphatic rings. The van der Waals surface area contributed by atoms with Gasteiger partial charge in [-0.25, -0.2) is 0 Å². The van der Waals surface area contributed by atoms with Crippen LogP contribution in [0.2, 0.25) is 0 Å². The Labute approximate surface area is 109 Å². The molecule has 2 rings (SSSR count). The van der Waals surface area contributed by atoms with Crippen LogP contribution in [0.3, 0.4) is 0 Å². The predicted molar refractivity (Wildman–Crippen MR) is 72.5 cm³/mol. The Bertz CT molecular complexity index is 318. The zero-order chi connectivity index (χ0) is 10.7. The van der Waals surface area contributed by atoms with Crippen molar-refractivity contribution in [2.75, 3.05) is 5.33 Å². The van der Waals surface area contributed by atoms with Crippen molar-refractivity contribution in [1.29, 1.82) is 0 Å². The van der Waals surface area contributed by atoms with E-state index in [1.54, 1.807) is 0 Å². The third-order valence-electron chi connectivity index (χ3n) is 3.45. The van der Waals surface area contributed by atoms with Gasteiger partial charge in [0.15, 0.2) is 0 Å². The first-order valence-corrected chi connectivity index (χ1v) is 7.52. The summed E-state index contributed by atoms with van der Waals surface area (Å²) in [6, 6.07) is 8.59. The fourth-order valence-electron chi connectivity index (χ4n) is 2.20. The van der Waals surface area contributed by atoms with Crippen molar-refractivity contribution < 1.29 is 0 Å². The van der Waals surface area contributed by atoms with Gasteiger partial charge in [-0.2, -0.15) is 0 Å². The molecule has 0 spiro atoms. The van der Waals surface area contributed by atoms with Crippen molar-refractivity contribution in [3.05, 3.63) is 34.3 Å². The highest BCUT2D eigenvalue weighted by Gasteiger charge is 2.26. The first-order valence-electron chi connectivity index (χ1n) is 5.60. The van der Waals surface area contributed by atoms with E-state index < -0.39 is 0 Å². The lowest BCUT2D eigenvalue weighted by Crippen LogP contribution is -2.25. The fourth-order valence-corrected chi connectivity index (χ4v) is 3.41. The monoisotopic (exact) mass is 330 g/mol. The SMILES string of the molecule is BrCC(Cc1ccccc1Br)C1CCC1. The number of hydrogen-bond acceptors (Lipinski definition) is 0. The van der Waals surface area contributed by atoms with Crippen LogP contribution in [-0.2, 0) is 6.42 Å². The predicted octanol–water partition coefficient (Wildman–Crippen LogP) is 4.80. The number of alkyl halides is 1. The smallest absolute Gasteiger partial charge is 0.0207 e. The Morgan fingerprint density at radius 1 is 1.27 bits per heavy atom. The van der Waals surface area contributed by atoms with Gasteiger partial charge >= 0.3 is 0 Å². The van der Waals surface area contributed by atoms with Gasteiger partial charge < -0.3 is 0 Å². The molecular formula is C13H16Br2. The molecule has 15 heavy (non-hydrogen) atoms. The summed E-state index contributed by atoms with van der Waals surface area (Å²) < 4.78 is 1.26. The molecule has 2 heteroatoms. The summed E-state index contributed by atoms with van der Waals surface area (Å²) in [5.41, 5.74) is 1.45. The first-order chi connectivity index (χ1) is 7.31. The molecule has 0 N–H and O–H groups in total. The molecule has 0 radical (unpaired) electrons. The minimum Gasteiger partial charge on any atom is -0.0925 e. The second-order valence-electron chi connectivity index (χ2n) is 4.40. The number of halogens is 2. The zero-order valence-corrected chi connectivity index (χ0v) is 11.9. The maximum Gasteiger partial charge on any atom is 0.0207 e. The highest BCUT2D eigenvalue weighted by atomic mass is 79.9. The Balaban J connectivity index is 2.02. The maximum atomic E-state index is 3.66. The lowest BCUT2D eigenvalue weighted by atomic mass is 9.74. The number of hydrogen-bond donors (Lipinski definition) is 0. The standard InChI is InChI=1S/C13H16Br2/c14-9-12(10-5-3-6-10)8-11-4-1-2-7-13(11)15/h1-2,4,7,10,12H,3,5-6,8-9H2. The molecule has 0 aliphatic heterocycles. The van der Waals surface area contributed by atoms with Crippen LogP contribution in [0.15, 0.2) is 28.7 Å². The van der Waals surface area contributed by atoms with E-state index in [0.717, 1.165) is 17.2 Å². The molecule has 82 valence electrons. The van der Waals surface area contributed by atoms with Crippen LogP contribution in [0.1, 0.15) is 24.8 Å². The molecule has 1 aromatic carbocycles. The molecule has 1 aliphatic carbocycles. The maximum absolute atomic E-state index is 3.66. The van der Waals surface area contributed by atoms with E-state index in [1.165, 1.54) is 35.7 Å². The number of benzene rings is 1. The summed E-state index contributed by atoms with van der Waals surface area (Å²) in [6.07, 6.45) is 5.50. The average molecular weight is 332 g/mol. The van der Waals surface area contributed by atoms with E-state index in [-0.39, 0.29) is 0 Å². The third-order valence-corrected chi connectivity index (χ3v) is 5.06. The van der Waals surface area contributed by atoms with Crippen molar-refractivity contribution in [1.82, 2.24) is 0 Å². The van der Waals surface area contributed by atoms with Gasteiger partial charge in [0, 0.05) is 9.80 Å². The van der Waals surface area contributed by atoms with Crippen LogP contribution in [0.25, 0.3) is 0 Å². The summed E-state index contributed by atoms with van der Waals surface area (Å²) in [7, 11) is 0. The number of rotatable bonds is 4. The third kappa shape index (κ3) is 2.85. The van der Waals surface area contributed by atoms with Gasteiger partial charge in [-0.05, 0) is 29.9 Å². The summed E-state index contributed by atoms with van der Waals surface area (Å²) >= 11 is 7.29. The topological polar surface area (TPSA) is 0 Å². The van der Waals surface area contributed by atoms with Crippen molar-refractivity contribution >= 4 is 31.9 Å². The molecule has 0 nitrogen and oxygen atoms in total.